The van der Waals surface area contributed by atoms with Gasteiger partial charge in [0.15, 0.2) is 5.13 Å². The highest BCUT2D eigenvalue weighted by Gasteiger charge is 2.34. The molecule has 1 amide bonds. The highest BCUT2D eigenvalue weighted by Crippen LogP contribution is 2.34. The predicted octanol–water partition coefficient (Wildman–Crippen LogP) is 3.29. The molecule has 1 aromatic carbocycles. The number of ether oxygens (including phenoxy) is 1. The van der Waals surface area contributed by atoms with Crippen LogP contribution in [-0.4, -0.2) is 54.6 Å². The number of nitrogens with zero attached hydrogens (tertiary/aromatic N) is 4. The van der Waals surface area contributed by atoms with E-state index in [2.05, 4.69) is 4.98 Å². The zero-order valence-electron chi connectivity index (χ0n) is 18.1. The van der Waals surface area contributed by atoms with Crippen molar-refractivity contribution in [2.75, 3.05) is 30.9 Å². The van der Waals surface area contributed by atoms with Crippen molar-refractivity contribution in [3.63, 3.8) is 0 Å². The van der Waals surface area contributed by atoms with Crippen LogP contribution < -0.4 is 9.64 Å². The number of hydrogen-bond acceptors (Lipinski definition) is 7. The maximum atomic E-state index is 13.6. The number of piperidine rings is 1. The molecule has 1 aliphatic heterocycles. The molecule has 0 aliphatic carbocycles. The molecule has 1 saturated heterocycles. The fraction of sp³-hybridized carbons (Fsp3) is 0.409. The minimum atomic E-state index is -3.35. The summed E-state index contributed by atoms with van der Waals surface area (Å²) in [6, 6.07) is 11.2. The predicted molar refractivity (Wildman–Crippen MR) is 125 cm³/mol. The Morgan fingerprint density at radius 2 is 2.16 bits per heavy atom. The summed E-state index contributed by atoms with van der Waals surface area (Å²) in [5.74, 6) is 0.204. The number of hydrogen-bond donors (Lipinski definition) is 0. The largest absolute Gasteiger partial charge is 0.494 e. The number of carbonyl (C=O) groups excluding carboxylic acids is 1. The van der Waals surface area contributed by atoms with E-state index in [1.807, 2.05) is 43.3 Å². The number of amides is 1. The smallest absolute Gasteiger partial charge is 0.233 e. The first-order valence-electron chi connectivity index (χ1n) is 10.5. The Kier molecular flexibility index (Phi) is 6.73. The van der Waals surface area contributed by atoms with Gasteiger partial charge in [-0.3, -0.25) is 14.7 Å². The third-order valence-corrected chi connectivity index (χ3v) is 7.72. The molecule has 170 valence electrons. The Bertz CT molecular complexity index is 1200. The first kappa shape index (κ1) is 22.6. The number of benzene rings is 1. The van der Waals surface area contributed by atoms with E-state index >= 15 is 0 Å². The number of sulfonamides is 1. The van der Waals surface area contributed by atoms with E-state index in [0.717, 1.165) is 21.7 Å². The zero-order chi connectivity index (χ0) is 22.7. The molecule has 0 bridgehead atoms. The minimum absolute atomic E-state index is 0.131. The lowest BCUT2D eigenvalue weighted by molar-refractivity contribution is -0.123. The topological polar surface area (TPSA) is 92.7 Å². The van der Waals surface area contributed by atoms with Crippen molar-refractivity contribution < 1.29 is 17.9 Å². The van der Waals surface area contributed by atoms with E-state index in [-0.39, 0.29) is 19.0 Å². The second-order valence-corrected chi connectivity index (χ2v) is 10.8. The molecule has 2 aromatic heterocycles. The normalized spacial score (nSPS) is 17.4. The molecule has 0 spiro atoms. The Morgan fingerprint density at radius 1 is 1.31 bits per heavy atom. The molecule has 1 unspecified atom stereocenters. The monoisotopic (exact) mass is 474 g/mol. The zero-order valence-corrected chi connectivity index (χ0v) is 19.7. The van der Waals surface area contributed by atoms with Crippen molar-refractivity contribution in [3.8, 4) is 5.75 Å². The van der Waals surface area contributed by atoms with E-state index in [1.54, 1.807) is 11.1 Å². The molecule has 0 saturated carbocycles. The van der Waals surface area contributed by atoms with E-state index in [9.17, 15) is 13.2 Å². The Morgan fingerprint density at radius 3 is 2.88 bits per heavy atom. The lowest BCUT2D eigenvalue weighted by Gasteiger charge is -2.32. The van der Waals surface area contributed by atoms with Crippen LogP contribution in [0, 0.1) is 5.92 Å². The third kappa shape index (κ3) is 5.08. The van der Waals surface area contributed by atoms with Gasteiger partial charge < -0.3 is 4.74 Å². The molecule has 8 nitrogen and oxygen atoms in total. The Labute approximate surface area is 191 Å². The SMILES string of the molecule is CCOc1ccc2nc(N(Cc3ccccn3)C(=O)C3CCCN(S(C)(=O)=O)C3)sc2c1. The van der Waals surface area contributed by atoms with Crippen LogP contribution >= 0.6 is 11.3 Å². The van der Waals surface area contributed by atoms with Gasteiger partial charge in [-0.05, 0) is 50.1 Å². The van der Waals surface area contributed by atoms with Crippen LogP contribution in [0.25, 0.3) is 10.2 Å². The summed E-state index contributed by atoms with van der Waals surface area (Å²) in [4.78, 5) is 24.4. The van der Waals surface area contributed by atoms with Crippen molar-refractivity contribution >= 4 is 42.6 Å². The average molecular weight is 475 g/mol. The average Bonchev–Trinajstić information content (AvgIpc) is 3.20. The van der Waals surface area contributed by atoms with Crippen molar-refractivity contribution in [3.05, 3.63) is 48.3 Å². The van der Waals surface area contributed by atoms with Crippen molar-refractivity contribution in [1.29, 1.82) is 0 Å². The molecule has 32 heavy (non-hydrogen) atoms. The van der Waals surface area contributed by atoms with Crippen molar-refractivity contribution in [2.45, 2.75) is 26.3 Å². The molecule has 4 rings (SSSR count). The van der Waals surface area contributed by atoms with E-state index < -0.39 is 15.9 Å². The number of thiazole rings is 1. The van der Waals surface area contributed by atoms with Gasteiger partial charge in [0.05, 0.1) is 41.2 Å². The van der Waals surface area contributed by atoms with E-state index in [4.69, 9.17) is 9.72 Å². The molecule has 10 heteroatoms. The number of aromatic nitrogens is 2. The molecule has 1 fully saturated rings. The van der Waals surface area contributed by atoms with Crippen molar-refractivity contribution in [1.82, 2.24) is 14.3 Å². The summed E-state index contributed by atoms with van der Waals surface area (Å²) in [5.41, 5.74) is 1.53. The summed E-state index contributed by atoms with van der Waals surface area (Å²) in [6.45, 7) is 3.41. The second kappa shape index (κ2) is 9.51. The first-order chi connectivity index (χ1) is 15.3. The van der Waals surface area contributed by atoms with Gasteiger partial charge in [-0.2, -0.15) is 0 Å². The molecule has 1 aliphatic rings. The molecule has 3 aromatic rings. The van der Waals surface area contributed by atoms with Crippen molar-refractivity contribution in [2.24, 2.45) is 5.92 Å². The van der Waals surface area contributed by atoms with Gasteiger partial charge in [-0.25, -0.2) is 17.7 Å². The number of rotatable bonds is 7. The quantitative estimate of drug-likeness (QED) is 0.522. The maximum Gasteiger partial charge on any atom is 0.233 e. The minimum Gasteiger partial charge on any atom is -0.494 e. The third-order valence-electron chi connectivity index (χ3n) is 5.41. The summed E-state index contributed by atoms with van der Waals surface area (Å²) in [7, 11) is -3.35. The van der Waals surface area contributed by atoms with Gasteiger partial charge in [0.1, 0.15) is 5.75 Å². The summed E-state index contributed by atoms with van der Waals surface area (Å²) in [6.07, 6.45) is 4.17. The summed E-state index contributed by atoms with van der Waals surface area (Å²) in [5, 5.41) is 0.570. The highest BCUT2D eigenvalue weighted by atomic mass is 32.2. The summed E-state index contributed by atoms with van der Waals surface area (Å²) < 4.78 is 32.0. The highest BCUT2D eigenvalue weighted by molar-refractivity contribution is 7.88. The lowest BCUT2D eigenvalue weighted by Crippen LogP contribution is -2.46. The van der Waals surface area contributed by atoms with Gasteiger partial charge >= 0.3 is 0 Å². The fourth-order valence-corrected chi connectivity index (χ4v) is 5.73. The van der Waals surface area contributed by atoms with E-state index in [0.29, 0.717) is 31.1 Å². The Balaban J connectivity index is 1.67. The maximum absolute atomic E-state index is 13.6. The van der Waals surface area contributed by atoms with Crippen LogP contribution in [0.15, 0.2) is 42.6 Å². The van der Waals surface area contributed by atoms with Crippen LogP contribution in [0.2, 0.25) is 0 Å². The van der Waals surface area contributed by atoms with Crippen LogP contribution in [-0.2, 0) is 21.4 Å². The summed E-state index contributed by atoms with van der Waals surface area (Å²) >= 11 is 1.42. The van der Waals surface area contributed by atoms with Gasteiger partial charge in [-0.1, -0.05) is 17.4 Å². The number of carbonyl (C=O) groups is 1. The first-order valence-corrected chi connectivity index (χ1v) is 13.2. The number of pyridine rings is 1. The molecule has 1 atom stereocenters. The molecule has 3 heterocycles. The number of fused-ring (bicyclic) bond motifs is 1. The molecular weight excluding hydrogens is 448 g/mol. The van der Waals surface area contributed by atoms with Crippen LogP contribution in [0.4, 0.5) is 5.13 Å². The molecular formula is C22H26N4O4S2. The second-order valence-electron chi connectivity index (χ2n) is 7.76. The standard InChI is InChI=1S/C22H26N4O4S2/c1-3-30-18-9-10-19-20(13-18)31-22(24-19)26(15-17-8-4-5-11-23-17)21(27)16-7-6-12-25(14-16)32(2,28)29/h4-5,8-11,13,16H,3,6-7,12,14-15H2,1-2H3. The Hall–Kier alpha value is -2.56. The van der Waals surface area contributed by atoms with Crippen LogP contribution in [0.5, 0.6) is 5.75 Å². The van der Waals surface area contributed by atoms with E-state index in [1.165, 1.54) is 21.9 Å². The molecule has 0 N–H and O–H groups in total. The van der Waals surface area contributed by atoms with Gasteiger partial charge in [0.2, 0.25) is 15.9 Å². The van der Waals surface area contributed by atoms with Crippen LogP contribution in [0.1, 0.15) is 25.5 Å². The number of anilines is 1. The van der Waals surface area contributed by atoms with Gasteiger partial charge in [0, 0.05) is 19.3 Å². The molecule has 0 radical (unpaired) electrons. The lowest BCUT2D eigenvalue weighted by atomic mass is 9.98. The fourth-order valence-electron chi connectivity index (χ4n) is 3.82. The van der Waals surface area contributed by atoms with Crippen LogP contribution in [0.3, 0.4) is 0 Å². The van der Waals surface area contributed by atoms with Gasteiger partial charge in [-0.15, -0.1) is 0 Å². The van der Waals surface area contributed by atoms with Gasteiger partial charge in [0.25, 0.3) is 0 Å².